The molecule has 92 valence electrons. The largest absolute Gasteiger partial charge is 0.370 e. The van der Waals surface area contributed by atoms with Gasteiger partial charge in [-0.2, -0.15) is 0 Å². The highest BCUT2D eigenvalue weighted by Crippen LogP contribution is 2.18. The molecule has 1 aliphatic carbocycles. The minimum atomic E-state index is -0.00996. The minimum absolute atomic E-state index is 0.00996. The Balaban J connectivity index is 1.89. The molecule has 1 amide bonds. The van der Waals surface area contributed by atoms with Gasteiger partial charge >= 0.3 is 0 Å². The Kier molecular flexibility index (Phi) is 3.96. The van der Waals surface area contributed by atoms with Gasteiger partial charge in [-0.15, -0.1) is 0 Å². The van der Waals surface area contributed by atoms with Crippen molar-refractivity contribution in [2.45, 2.75) is 38.6 Å². The number of anilines is 1. The van der Waals surface area contributed by atoms with E-state index in [1.54, 1.807) is 6.20 Å². The summed E-state index contributed by atoms with van der Waals surface area (Å²) >= 11 is 0. The first-order valence-corrected chi connectivity index (χ1v) is 6.30. The van der Waals surface area contributed by atoms with Gasteiger partial charge < -0.3 is 10.6 Å². The van der Waals surface area contributed by atoms with E-state index in [1.165, 1.54) is 6.42 Å². The Morgan fingerprint density at radius 2 is 2.29 bits per heavy atom. The maximum absolute atomic E-state index is 11.8. The lowest BCUT2D eigenvalue weighted by atomic mass is 9.93. The quantitative estimate of drug-likeness (QED) is 0.819. The van der Waals surface area contributed by atoms with Gasteiger partial charge in [0.25, 0.3) is 5.91 Å². The molecule has 1 saturated carbocycles. The van der Waals surface area contributed by atoms with Gasteiger partial charge in [0, 0.05) is 18.8 Å². The lowest BCUT2D eigenvalue weighted by Gasteiger charge is -2.26. The van der Waals surface area contributed by atoms with Crippen LogP contribution >= 0.6 is 0 Å². The maximum atomic E-state index is 11.8. The number of carbonyl (C=O) groups excluding carboxylic acids is 1. The first kappa shape index (κ1) is 11.9. The molecule has 17 heavy (non-hydrogen) atoms. The number of amides is 1. The molecule has 4 heteroatoms. The summed E-state index contributed by atoms with van der Waals surface area (Å²) < 4.78 is 0. The Labute approximate surface area is 102 Å². The van der Waals surface area contributed by atoms with Crippen LogP contribution in [-0.2, 0) is 0 Å². The Hall–Kier alpha value is -1.58. The summed E-state index contributed by atoms with van der Waals surface area (Å²) in [6.45, 7) is 3.01. The number of pyridine rings is 1. The molecular weight excluding hydrogens is 214 g/mol. The van der Waals surface area contributed by atoms with E-state index in [-0.39, 0.29) is 5.91 Å². The molecule has 0 aromatic carbocycles. The SMILES string of the molecule is CCCNc1ccc(C(=O)NC2CCC2)cn1. The second-order valence-electron chi connectivity index (χ2n) is 4.46. The summed E-state index contributed by atoms with van der Waals surface area (Å²) in [6.07, 6.45) is 6.13. The molecule has 0 aliphatic heterocycles. The van der Waals surface area contributed by atoms with E-state index in [2.05, 4.69) is 22.5 Å². The van der Waals surface area contributed by atoms with Gasteiger partial charge in [0.05, 0.1) is 5.56 Å². The molecular formula is C13H19N3O. The van der Waals surface area contributed by atoms with E-state index in [9.17, 15) is 4.79 Å². The molecule has 0 radical (unpaired) electrons. The summed E-state index contributed by atoms with van der Waals surface area (Å²) in [5.74, 6) is 0.816. The summed E-state index contributed by atoms with van der Waals surface area (Å²) in [5, 5.41) is 6.18. The third kappa shape index (κ3) is 3.19. The highest BCUT2D eigenvalue weighted by Gasteiger charge is 2.19. The number of nitrogens with one attached hydrogen (secondary N) is 2. The monoisotopic (exact) mass is 233 g/mol. The Bertz CT molecular complexity index is 371. The summed E-state index contributed by atoms with van der Waals surface area (Å²) in [4.78, 5) is 16.0. The standard InChI is InChI=1S/C13H19N3O/c1-2-8-14-12-7-6-10(9-15-12)13(17)16-11-4-3-5-11/h6-7,9,11H,2-5,8H2,1H3,(H,14,15)(H,16,17). The number of rotatable bonds is 5. The zero-order chi connectivity index (χ0) is 12.1. The molecule has 0 unspecified atom stereocenters. The topological polar surface area (TPSA) is 54.0 Å². The second-order valence-corrected chi connectivity index (χ2v) is 4.46. The van der Waals surface area contributed by atoms with Crippen molar-refractivity contribution in [1.82, 2.24) is 10.3 Å². The predicted molar refractivity (Wildman–Crippen MR) is 68.1 cm³/mol. The molecule has 0 bridgehead atoms. The van der Waals surface area contributed by atoms with Crippen molar-refractivity contribution >= 4 is 11.7 Å². The van der Waals surface area contributed by atoms with Crippen LogP contribution in [0, 0.1) is 0 Å². The fourth-order valence-electron chi connectivity index (χ4n) is 1.71. The van der Waals surface area contributed by atoms with Gasteiger partial charge in [0.1, 0.15) is 5.82 Å². The minimum Gasteiger partial charge on any atom is -0.370 e. The van der Waals surface area contributed by atoms with E-state index in [0.29, 0.717) is 11.6 Å². The van der Waals surface area contributed by atoms with Crippen molar-refractivity contribution in [3.05, 3.63) is 23.9 Å². The molecule has 2 rings (SSSR count). The summed E-state index contributed by atoms with van der Waals surface area (Å²) in [6, 6.07) is 4.05. The Morgan fingerprint density at radius 1 is 1.47 bits per heavy atom. The molecule has 1 aliphatic rings. The maximum Gasteiger partial charge on any atom is 0.253 e. The van der Waals surface area contributed by atoms with Crippen LogP contribution in [0.25, 0.3) is 0 Å². The van der Waals surface area contributed by atoms with Crippen LogP contribution in [0.15, 0.2) is 18.3 Å². The third-order valence-corrected chi connectivity index (χ3v) is 3.02. The second kappa shape index (κ2) is 5.66. The lowest BCUT2D eigenvalue weighted by molar-refractivity contribution is 0.0916. The predicted octanol–water partition coefficient (Wildman–Crippen LogP) is 2.19. The van der Waals surface area contributed by atoms with Gasteiger partial charge in [-0.25, -0.2) is 4.98 Å². The van der Waals surface area contributed by atoms with Crippen molar-refractivity contribution in [3.63, 3.8) is 0 Å². The van der Waals surface area contributed by atoms with Crippen LogP contribution in [0.4, 0.5) is 5.82 Å². The molecule has 1 fully saturated rings. The highest BCUT2D eigenvalue weighted by atomic mass is 16.1. The van der Waals surface area contributed by atoms with Crippen LogP contribution in [0.1, 0.15) is 43.0 Å². The normalized spacial score (nSPS) is 15.1. The fourth-order valence-corrected chi connectivity index (χ4v) is 1.71. The van der Waals surface area contributed by atoms with E-state index < -0.39 is 0 Å². The number of carbonyl (C=O) groups is 1. The average molecular weight is 233 g/mol. The highest BCUT2D eigenvalue weighted by molar-refractivity contribution is 5.94. The van der Waals surface area contributed by atoms with Crippen molar-refractivity contribution in [2.75, 3.05) is 11.9 Å². The smallest absolute Gasteiger partial charge is 0.253 e. The summed E-state index contributed by atoms with van der Waals surface area (Å²) in [5.41, 5.74) is 0.638. The van der Waals surface area contributed by atoms with Gasteiger partial charge in [0.2, 0.25) is 0 Å². The Morgan fingerprint density at radius 3 is 2.82 bits per heavy atom. The van der Waals surface area contributed by atoms with Gasteiger partial charge in [0.15, 0.2) is 0 Å². The van der Waals surface area contributed by atoms with E-state index in [1.807, 2.05) is 12.1 Å². The number of nitrogens with zero attached hydrogens (tertiary/aromatic N) is 1. The molecule has 0 saturated heterocycles. The zero-order valence-electron chi connectivity index (χ0n) is 10.2. The van der Waals surface area contributed by atoms with Crippen molar-refractivity contribution < 1.29 is 4.79 Å². The third-order valence-electron chi connectivity index (χ3n) is 3.02. The van der Waals surface area contributed by atoms with Gasteiger partial charge in [-0.1, -0.05) is 6.92 Å². The first-order chi connectivity index (χ1) is 8.29. The van der Waals surface area contributed by atoms with Crippen LogP contribution in [-0.4, -0.2) is 23.5 Å². The number of hydrogen-bond acceptors (Lipinski definition) is 3. The molecule has 2 N–H and O–H groups in total. The van der Waals surface area contributed by atoms with Gasteiger partial charge in [-0.3, -0.25) is 4.79 Å². The van der Waals surface area contributed by atoms with Crippen molar-refractivity contribution in [2.24, 2.45) is 0 Å². The molecule has 1 aromatic rings. The average Bonchev–Trinajstić information content (AvgIpc) is 2.31. The molecule has 1 heterocycles. The number of hydrogen-bond donors (Lipinski definition) is 2. The van der Waals surface area contributed by atoms with E-state index in [0.717, 1.165) is 31.6 Å². The molecule has 4 nitrogen and oxygen atoms in total. The van der Waals surface area contributed by atoms with E-state index >= 15 is 0 Å². The van der Waals surface area contributed by atoms with Crippen LogP contribution < -0.4 is 10.6 Å². The van der Waals surface area contributed by atoms with Crippen molar-refractivity contribution in [1.29, 1.82) is 0 Å². The fraction of sp³-hybridized carbons (Fsp3) is 0.538. The van der Waals surface area contributed by atoms with Crippen LogP contribution in [0.3, 0.4) is 0 Å². The molecule has 1 aromatic heterocycles. The van der Waals surface area contributed by atoms with Crippen molar-refractivity contribution in [3.8, 4) is 0 Å². The lowest BCUT2D eigenvalue weighted by Crippen LogP contribution is -2.39. The molecule has 0 spiro atoms. The zero-order valence-corrected chi connectivity index (χ0v) is 10.2. The van der Waals surface area contributed by atoms with E-state index in [4.69, 9.17) is 0 Å². The first-order valence-electron chi connectivity index (χ1n) is 6.30. The van der Waals surface area contributed by atoms with Gasteiger partial charge in [-0.05, 0) is 37.8 Å². The summed E-state index contributed by atoms with van der Waals surface area (Å²) in [7, 11) is 0. The van der Waals surface area contributed by atoms with Crippen LogP contribution in [0.5, 0.6) is 0 Å². The molecule has 0 atom stereocenters. The van der Waals surface area contributed by atoms with Crippen LogP contribution in [0.2, 0.25) is 0 Å². The number of aromatic nitrogens is 1.